The van der Waals surface area contributed by atoms with Crippen LogP contribution in [0.5, 0.6) is 0 Å². The van der Waals surface area contributed by atoms with Gasteiger partial charge in [0.15, 0.2) is 6.79 Å². The van der Waals surface area contributed by atoms with Crippen molar-refractivity contribution in [2.45, 2.75) is 150 Å². The van der Waals surface area contributed by atoms with Gasteiger partial charge in [0.2, 0.25) is 0 Å². The van der Waals surface area contributed by atoms with E-state index in [4.69, 9.17) is 59.7 Å². The first-order valence-corrected chi connectivity index (χ1v) is 42.5. The van der Waals surface area contributed by atoms with E-state index < -0.39 is 83.1 Å². The summed E-state index contributed by atoms with van der Waals surface area (Å²) in [5, 5.41) is 4.83. The molecule has 17 nitrogen and oxygen atoms in total. The van der Waals surface area contributed by atoms with Crippen LogP contribution in [0.3, 0.4) is 0 Å². The summed E-state index contributed by atoms with van der Waals surface area (Å²) in [7, 11) is -10.9. The molecule has 2 saturated heterocycles. The average molecular weight is 1460 g/mol. The third kappa shape index (κ3) is 17.0. The Hall–Kier alpha value is -6.93. The lowest BCUT2D eigenvalue weighted by atomic mass is 9.47. The highest BCUT2D eigenvalue weighted by Gasteiger charge is 2.62. The lowest BCUT2D eigenvalue weighted by Gasteiger charge is -2.62. The summed E-state index contributed by atoms with van der Waals surface area (Å²) in [5.74, 6) is -0.227. The van der Waals surface area contributed by atoms with Crippen LogP contribution in [0.1, 0.15) is 132 Å². The summed E-state index contributed by atoms with van der Waals surface area (Å²) in [4.78, 5) is 62.6. The summed E-state index contributed by atoms with van der Waals surface area (Å²) in [6.45, 7) is 18.2. The normalized spacial score (nSPS) is 27.3. The predicted molar refractivity (Wildman–Crippen MR) is 400 cm³/mol. The third-order valence-electron chi connectivity index (χ3n) is 23.0. The van der Waals surface area contributed by atoms with Crippen molar-refractivity contribution in [2.24, 2.45) is 51.2 Å². The summed E-state index contributed by atoms with van der Waals surface area (Å²) in [6, 6.07) is 58.3. The molecule has 12 rings (SSSR count). The standard InChI is InChI=1S/C83H106O17Si3/c1-10-79(6)54-67(92-60-98-102(71-35-23-15-24-36-71,72-37-25-16-26-38-72)95-46-43-89-75(79)84)55-81(8)56-68(93-61-99-103(73-39-27-17-28-40-73,74-41-29-18-30-42-74)96-47-44-90-76(81)85)57-82(9,58-80(7,11-2)78(87)100-83(62(4)5)65-50-63-49-64(52-65)53-66(83)51-63)77(86)91-45-48-94-101(97-59-88-12-3,69-31-19-13-20-32-69)70-33-21-14-22-34-70/h12-42,62-68H,3,10-11,43-61H2,1-2,4-9H3. The van der Waals surface area contributed by atoms with Crippen molar-refractivity contribution in [1.82, 2.24) is 0 Å². The Kier molecular flexibility index (Phi) is 25.6. The molecule has 20 heteroatoms. The lowest BCUT2D eigenvalue weighted by Crippen LogP contribution is -2.64. The van der Waals surface area contributed by atoms with E-state index in [0.717, 1.165) is 56.8 Å². The Morgan fingerprint density at radius 3 is 1.44 bits per heavy atom. The van der Waals surface area contributed by atoms with Crippen LogP contribution in [0.25, 0.3) is 0 Å². The van der Waals surface area contributed by atoms with Crippen LogP contribution in [-0.2, 0) is 78.9 Å². The quantitative estimate of drug-likeness (QED) is 0.0124. The van der Waals surface area contributed by atoms with Crippen LogP contribution in [0, 0.1) is 51.2 Å². The molecule has 6 unspecified atom stereocenters. The van der Waals surface area contributed by atoms with E-state index in [-0.39, 0.29) is 116 Å². The fourth-order valence-corrected chi connectivity index (χ4v) is 26.4. The zero-order chi connectivity index (χ0) is 72.8. The summed E-state index contributed by atoms with van der Waals surface area (Å²) in [5.41, 5.74) is -6.10. The summed E-state index contributed by atoms with van der Waals surface area (Å²) < 4.78 is 88.2. The van der Waals surface area contributed by atoms with E-state index in [0.29, 0.717) is 24.7 Å². The minimum atomic E-state index is -3.72. The molecule has 0 aromatic heterocycles. The maximum absolute atomic E-state index is 16.2. The molecule has 6 aromatic carbocycles. The van der Waals surface area contributed by atoms with E-state index in [1.165, 1.54) is 12.7 Å². The molecule has 6 aliphatic rings. The molecule has 4 aliphatic carbocycles. The van der Waals surface area contributed by atoms with Crippen molar-refractivity contribution < 1.29 is 78.9 Å². The second kappa shape index (κ2) is 34.1. The number of esters is 4. The molecule has 2 heterocycles. The number of carbonyl (C=O) groups is 4. The molecule has 0 radical (unpaired) electrons. The van der Waals surface area contributed by atoms with Gasteiger partial charge in [-0.1, -0.05) is 216 Å². The van der Waals surface area contributed by atoms with E-state index in [2.05, 4.69) is 20.4 Å². The molecule has 103 heavy (non-hydrogen) atoms. The Bertz CT molecular complexity index is 3580. The fraction of sp³-hybridized carbons (Fsp3) is 0.494. The highest BCUT2D eigenvalue weighted by Crippen LogP contribution is 2.62. The fourth-order valence-electron chi connectivity index (χ4n) is 17.5. The van der Waals surface area contributed by atoms with Gasteiger partial charge in [0.05, 0.1) is 60.0 Å². The second-order valence-corrected chi connectivity index (χ2v) is 39.2. The monoisotopic (exact) mass is 1460 g/mol. The first-order chi connectivity index (χ1) is 49.7. The first-order valence-electron chi connectivity index (χ1n) is 37.1. The zero-order valence-corrected chi connectivity index (χ0v) is 64.4. The average Bonchev–Trinajstić information content (AvgIpc) is 0.715. The number of hydrogen-bond acceptors (Lipinski definition) is 17. The van der Waals surface area contributed by atoms with Gasteiger partial charge in [0.1, 0.15) is 39.0 Å². The molecule has 0 N–H and O–H groups in total. The van der Waals surface area contributed by atoms with Crippen molar-refractivity contribution in [2.75, 3.05) is 60.0 Å². The van der Waals surface area contributed by atoms with Crippen LogP contribution in [-0.4, -0.2) is 127 Å². The van der Waals surface area contributed by atoms with E-state index in [1.807, 2.05) is 224 Å². The first kappa shape index (κ1) is 77.2. The van der Waals surface area contributed by atoms with Crippen molar-refractivity contribution >= 4 is 80.7 Å². The topological polar surface area (TPSA) is 188 Å². The molecule has 6 atom stereocenters. The van der Waals surface area contributed by atoms with Crippen molar-refractivity contribution in [3.8, 4) is 0 Å². The highest BCUT2D eigenvalue weighted by molar-refractivity contribution is 6.93. The summed E-state index contributed by atoms with van der Waals surface area (Å²) >= 11 is 0. The van der Waals surface area contributed by atoms with Crippen LogP contribution < -0.4 is 31.1 Å². The molecule has 552 valence electrons. The molecule has 4 bridgehead atoms. The maximum Gasteiger partial charge on any atom is 0.409 e. The largest absolute Gasteiger partial charge is 0.477 e. The predicted octanol–water partition coefficient (Wildman–Crippen LogP) is 11.5. The van der Waals surface area contributed by atoms with Gasteiger partial charge in [-0.05, 0) is 165 Å². The number of carbonyl (C=O) groups excluding carboxylic acids is 4. The Balaban J connectivity index is 0.985. The Labute approximate surface area is 612 Å². The van der Waals surface area contributed by atoms with Gasteiger partial charge in [-0.15, -0.1) is 0 Å². The number of benzene rings is 6. The highest BCUT2D eigenvalue weighted by atomic mass is 28.4. The molecule has 6 fully saturated rings. The number of cyclic esters (lactones) is 2. The van der Waals surface area contributed by atoms with Crippen molar-refractivity contribution in [1.29, 1.82) is 0 Å². The molecule has 0 amide bonds. The maximum atomic E-state index is 16.2. The summed E-state index contributed by atoms with van der Waals surface area (Å²) in [6.07, 6.45) is 5.37. The van der Waals surface area contributed by atoms with Gasteiger partial charge in [-0.25, -0.2) is 0 Å². The van der Waals surface area contributed by atoms with Gasteiger partial charge >= 0.3 is 49.6 Å². The molecule has 2 aliphatic heterocycles. The Morgan fingerprint density at radius 1 is 0.563 bits per heavy atom. The second-order valence-electron chi connectivity index (χ2n) is 30.3. The molecule has 4 saturated carbocycles. The van der Waals surface area contributed by atoms with Crippen LogP contribution in [0.15, 0.2) is 195 Å². The zero-order valence-electron chi connectivity index (χ0n) is 61.4. The van der Waals surface area contributed by atoms with Gasteiger partial charge in [0.25, 0.3) is 0 Å². The molecular weight excluding hydrogens is 1350 g/mol. The van der Waals surface area contributed by atoms with Gasteiger partial charge < -0.3 is 59.7 Å². The van der Waals surface area contributed by atoms with Crippen LogP contribution in [0.2, 0.25) is 0 Å². The Morgan fingerprint density at radius 2 is 1.00 bits per heavy atom. The SMILES string of the molecule is C=COCO[Si](OCCOC(=O)C(C)(CC1CC(C)(CC2CC(C)(CC)C(=O)OCCO[Si](c3ccccc3)(c3ccccc3)OCO2)C(=O)OCCO[Si](c2ccccc2)(c2ccccc2)OCO1)CC(C)(CC)C(=O)OC1(C(C)C)C2CC3CC(C2)CC1C3)(c1ccccc1)c1ccccc1. The third-order valence-corrected chi connectivity index (χ3v) is 32.9. The van der Waals surface area contributed by atoms with E-state index in [9.17, 15) is 4.79 Å². The van der Waals surface area contributed by atoms with Gasteiger partial charge in [0, 0.05) is 0 Å². The van der Waals surface area contributed by atoms with Gasteiger partial charge in [-0.2, -0.15) is 0 Å². The van der Waals surface area contributed by atoms with Crippen molar-refractivity contribution in [3.05, 3.63) is 195 Å². The van der Waals surface area contributed by atoms with E-state index >= 15 is 14.4 Å². The smallest absolute Gasteiger partial charge is 0.409 e. The minimum Gasteiger partial charge on any atom is -0.477 e. The van der Waals surface area contributed by atoms with Crippen LogP contribution >= 0.6 is 0 Å². The number of rotatable bonds is 26. The minimum absolute atomic E-state index is 0.0222. The lowest BCUT2D eigenvalue weighted by molar-refractivity contribution is -0.233. The van der Waals surface area contributed by atoms with Crippen LogP contribution in [0.4, 0.5) is 0 Å². The van der Waals surface area contributed by atoms with Crippen molar-refractivity contribution in [3.63, 3.8) is 0 Å². The molecule has 6 aromatic rings. The number of ether oxygens (including phenoxy) is 7. The molecule has 0 spiro atoms. The molecular formula is C83H106O17Si3. The van der Waals surface area contributed by atoms with Gasteiger partial charge in [-0.3, -0.25) is 19.2 Å². The number of hydrogen-bond donors (Lipinski definition) is 0. The van der Waals surface area contributed by atoms with E-state index in [1.54, 1.807) is 0 Å².